The Morgan fingerprint density at radius 2 is 1.36 bits per heavy atom. The second-order valence-corrected chi connectivity index (χ2v) is 8.21. The van der Waals surface area contributed by atoms with Gasteiger partial charge in [-0.15, -0.1) is 0 Å². The lowest BCUT2D eigenvalue weighted by Crippen LogP contribution is -2.16. The van der Waals surface area contributed by atoms with E-state index in [4.69, 9.17) is 9.15 Å². The number of ether oxygens (including phenoxy) is 1. The molecule has 0 unspecified atom stereocenters. The zero-order valence-corrected chi connectivity index (χ0v) is 18.5. The van der Waals surface area contributed by atoms with Crippen LogP contribution in [0, 0.1) is 48.5 Å². The Kier molecular flexibility index (Phi) is 5.14. The van der Waals surface area contributed by atoms with Crippen molar-refractivity contribution in [2.45, 2.75) is 68.4 Å². The zero-order valence-electron chi connectivity index (χ0n) is 18.5. The molecule has 0 N–H and O–H groups in total. The van der Waals surface area contributed by atoms with Crippen LogP contribution < -0.4 is 10.2 Å². The highest BCUT2D eigenvalue weighted by atomic mass is 16.5. The van der Waals surface area contributed by atoms with E-state index in [1.807, 2.05) is 39.8 Å². The normalized spacial score (nSPS) is 11.5. The Balaban J connectivity index is 2.53. The van der Waals surface area contributed by atoms with Crippen molar-refractivity contribution in [3.8, 4) is 17.1 Å². The number of aryl methyl sites for hydroxylation is 2. The molecule has 2 aromatic carbocycles. The fourth-order valence-electron chi connectivity index (χ4n) is 4.02. The predicted octanol–water partition coefficient (Wildman–Crippen LogP) is 6.41. The van der Waals surface area contributed by atoms with Gasteiger partial charge in [-0.3, -0.25) is 4.79 Å². The summed E-state index contributed by atoms with van der Waals surface area (Å²) in [7, 11) is 0. The predicted molar refractivity (Wildman–Crippen MR) is 117 cm³/mol. The van der Waals surface area contributed by atoms with Crippen LogP contribution in [0.1, 0.15) is 52.8 Å². The summed E-state index contributed by atoms with van der Waals surface area (Å²) in [6.07, 6.45) is -0.127. The van der Waals surface area contributed by atoms with E-state index in [1.54, 1.807) is 0 Å². The van der Waals surface area contributed by atoms with Gasteiger partial charge < -0.3 is 9.15 Å². The van der Waals surface area contributed by atoms with Crippen molar-refractivity contribution < 1.29 is 9.15 Å². The number of hydrogen-bond donors (Lipinski definition) is 0. The second-order valence-electron chi connectivity index (χ2n) is 8.21. The monoisotopic (exact) mass is 378 g/mol. The van der Waals surface area contributed by atoms with E-state index in [9.17, 15) is 4.79 Å². The molecule has 0 atom stereocenters. The average Bonchev–Trinajstić information content (AvgIpc) is 2.60. The van der Waals surface area contributed by atoms with Gasteiger partial charge in [0, 0.05) is 5.56 Å². The molecule has 0 aliphatic rings. The van der Waals surface area contributed by atoms with E-state index in [-0.39, 0.29) is 11.5 Å². The molecule has 3 nitrogen and oxygen atoms in total. The SMILES string of the molecule is Cc1cc(C)c2c(=O)c(OC(C)C)c(-c3c(C)c(C)c(C)c(C)c3C)oc2c1. The van der Waals surface area contributed by atoms with Gasteiger partial charge in [0.25, 0.3) is 0 Å². The lowest BCUT2D eigenvalue weighted by Gasteiger charge is -2.21. The third-order valence-corrected chi connectivity index (χ3v) is 5.88. The first-order valence-corrected chi connectivity index (χ1v) is 9.86. The molecule has 0 aliphatic heterocycles. The summed E-state index contributed by atoms with van der Waals surface area (Å²) >= 11 is 0. The molecular weight excluding hydrogens is 348 g/mol. The molecule has 3 rings (SSSR count). The molecule has 0 radical (unpaired) electrons. The van der Waals surface area contributed by atoms with Crippen LogP contribution in [-0.2, 0) is 0 Å². The third-order valence-electron chi connectivity index (χ3n) is 5.88. The van der Waals surface area contributed by atoms with Gasteiger partial charge in [0.15, 0.2) is 5.76 Å². The lowest BCUT2D eigenvalue weighted by molar-refractivity contribution is 0.236. The summed E-state index contributed by atoms with van der Waals surface area (Å²) in [6, 6.07) is 3.94. The first-order valence-electron chi connectivity index (χ1n) is 9.86. The Bertz CT molecular complexity index is 1120. The highest BCUT2D eigenvalue weighted by Gasteiger charge is 2.24. The van der Waals surface area contributed by atoms with E-state index in [2.05, 4.69) is 34.6 Å². The van der Waals surface area contributed by atoms with E-state index >= 15 is 0 Å². The average molecular weight is 379 g/mol. The van der Waals surface area contributed by atoms with Crippen molar-refractivity contribution >= 4 is 11.0 Å². The first-order chi connectivity index (χ1) is 13.0. The van der Waals surface area contributed by atoms with Crippen molar-refractivity contribution in [2.75, 3.05) is 0 Å². The van der Waals surface area contributed by atoms with Crippen molar-refractivity contribution in [1.82, 2.24) is 0 Å². The van der Waals surface area contributed by atoms with E-state index in [1.165, 1.54) is 16.7 Å². The van der Waals surface area contributed by atoms with Gasteiger partial charge in [-0.05, 0) is 107 Å². The Morgan fingerprint density at radius 3 is 1.89 bits per heavy atom. The van der Waals surface area contributed by atoms with Crippen molar-refractivity contribution in [1.29, 1.82) is 0 Å². The molecule has 1 aromatic heterocycles. The highest BCUT2D eigenvalue weighted by Crippen LogP contribution is 2.39. The maximum atomic E-state index is 13.5. The Labute approximate surface area is 167 Å². The minimum Gasteiger partial charge on any atom is -0.484 e. The van der Waals surface area contributed by atoms with Gasteiger partial charge in [0.1, 0.15) is 5.58 Å². The van der Waals surface area contributed by atoms with Gasteiger partial charge in [0.05, 0.1) is 11.5 Å². The smallest absolute Gasteiger partial charge is 0.235 e. The molecule has 0 amide bonds. The van der Waals surface area contributed by atoms with Gasteiger partial charge in [-0.1, -0.05) is 6.07 Å². The molecule has 0 saturated heterocycles. The van der Waals surface area contributed by atoms with Crippen molar-refractivity contribution in [3.63, 3.8) is 0 Å². The molecular formula is C25H30O3. The number of rotatable bonds is 3. The standard InChI is InChI=1S/C25H30O3/c1-12(2)27-25-23(26)21-14(4)10-13(3)11-20(21)28-24(25)22-18(8)16(6)15(5)17(7)19(22)9/h10-12H,1-9H3. The summed E-state index contributed by atoms with van der Waals surface area (Å²) in [6.45, 7) is 18.4. The zero-order chi connectivity index (χ0) is 20.9. The molecule has 1 heterocycles. The Hall–Kier alpha value is -2.55. The molecule has 3 heteroatoms. The minimum absolute atomic E-state index is 0.0999. The molecule has 0 spiro atoms. The van der Waals surface area contributed by atoms with Crippen LogP contribution in [-0.4, -0.2) is 6.10 Å². The first kappa shape index (κ1) is 20.2. The topological polar surface area (TPSA) is 39.4 Å². The number of fused-ring (bicyclic) bond motifs is 1. The maximum Gasteiger partial charge on any atom is 0.235 e. The third kappa shape index (κ3) is 3.13. The molecule has 0 aliphatic carbocycles. The number of benzene rings is 2. The summed E-state index contributed by atoms with van der Waals surface area (Å²) in [5.74, 6) is 0.848. The minimum atomic E-state index is -0.127. The lowest BCUT2D eigenvalue weighted by atomic mass is 9.88. The van der Waals surface area contributed by atoms with Gasteiger partial charge in [-0.25, -0.2) is 0 Å². The second kappa shape index (κ2) is 7.12. The summed E-state index contributed by atoms with van der Waals surface area (Å²) in [5, 5.41) is 0.598. The van der Waals surface area contributed by atoms with Crippen LogP contribution >= 0.6 is 0 Å². The molecule has 0 fully saturated rings. The summed E-state index contributed by atoms with van der Waals surface area (Å²) in [4.78, 5) is 13.5. The fraction of sp³-hybridized carbons (Fsp3) is 0.400. The fourth-order valence-corrected chi connectivity index (χ4v) is 4.02. The quantitative estimate of drug-likeness (QED) is 0.529. The molecule has 3 aromatic rings. The van der Waals surface area contributed by atoms with Gasteiger partial charge in [-0.2, -0.15) is 0 Å². The number of hydrogen-bond acceptors (Lipinski definition) is 3. The van der Waals surface area contributed by atoms with Crippen LogP contribution in [0.15, 0.2) is 21.3 Å². The van der Waals surface area contributed by atoms with E-state index in [0.717, 1.165) is 27.8 Å². The van der Waals surface area contributed by atoms with Crippen LogP contribution in [0.25, 0.3) is 22.3 Å². The largest absolute Gasteiger partial charge is 0.484 e. The molecule has 0 saturated carbocycles. The molecule has 148 valence electrons. The highest BCUT2D eigenvalue weighted by molar-refractivity contribution is 5.86. The van der Waals surface area contributed by atoms with Crippen LogP contribution in [0.5, 0.6) is 5.75 Å². The summed E-state index contributed by atoms with van der Waals surface area (Å²) in [5.41, 5.74) is 9.43. The van der Waals surface area contributed by atoms with Crippen LogP contribution in [0.4, 0.5) is 0 Å². The molecule has 0 bridgehead atoms. The van der Waals surface area contributed by atoms with Crippen molar-refractivity contribution in [3.05, 3.63) is 61.3 Å². The van der Waals surface area contributed by atoms with Crippen LogP contribution in [0.3, 0.4) is 0 Å². The summed E-state index contributed by atoms with van der Waals surface area (Å²) < 4.78 is 12.4. The Morgan fingerprint density at radius 1 is 0.821 bits per heavy atom. The van der Waals surface area contributed by atoms with Crippen LogP contribution in [0.2, 0.25) is 0 Å². The van der Waals surface area contributed by atoms with E-state index in [0.29, 0.717) is 22.5 Å². The molecule has 28 heavy (non-hydrogen) atoms. The van der Waals surface area contributed by atoms with Crippen molar-refractivity contribution in [2.24, 2.45) is 0 Å². The maximum absolute atomic E-state index is 13.5. The van der Waals surface area contributed by atoms with E-state index < -0.39 is 0 Å². The van der Waals surface area contributed by atoms with Gasteiger partial charge >= 0.3 is 0 Å². The van der Waals surface area contributed by atoms with Gasteiger partial charge in [0.2, 0.25) is 11.2 Å².